The molecule has 2 N–H and O–H groups in total. The van der Waals surface area contributed by atoms with E-state index in [1.807, 2.05) is 0 Å². The lowest BCUT2D eigenvalue weighted by Crippen LogP contribution is -2.33. The summed E-state index contributed by atoms with van der Waals surface area (Å²) in [6, 6.07) is 14.7. The van der Waals surface area contributed by atoms with Crippen molar-refractivity contribution in [2.45, 2.75) is 39.7 Å². The second-order valence-electron chi connectivity index (χ2n) is 6.95. The van der Waals surface area contributed by atoms with Gasteiger partial charge in [-0.15, -0.1) is 0 Å². The average Bonchev–Trinajstić information content (AvgIpc) is 2.57. The SMILES string of the molecule is CC(C)c1ccc([C@@H](NCC(=O)Nc2ccccc2F)C(C)C)cc1. The van der Waals surface area contributed by atoms with Gasteiger partial charge in [-0.05, 0) is 35.1 Å². The van der Waals surface area contributed by atoms with E-state index in [0.717, 1.165) is 5.56 Å². The molecule has 0 saturated heterocycles. The van der Waals surface area contributed by atoms with Gasteiger partial charge in [-0.1, -0.05) is 64.1 Å². The van der Waals surface area contributed by atoms with Crippen molar-refractivity contribution in [2.24, 2.45) is 5.92 Å². The highest BCUT2D eigenvalue weighted by molar-refractivity contribution is 5.92. The number of rotatable bonds is 7. The molecular weight excluding hydrogens is 315 g/mol. The molecule has 0 aliphatic carbocycles. The van der Waals surface area contributed by atoms with E-state index >= 15 is 0 Å². The molecule has 0 heterocycles. The van der Waals surface area contributed by atoms with Gasteiger partial charge in [-0.25, -0.2) is 4.39 Å². The molecule has 25 heavy (non-hydrogen) atoms. The van der Waals surface area contributed by atoms with E-state index in [-0.39, 0.29) is 24.2 Å². The summed E-state index contributed by atoms with van der Waals surface area (Å²) in [4.78, 5) is 12.1. The first-order chi connectivity index (χ1) is 11.9. The van der Waals surface area contributed by atoms with Crippen LogP contribution >= 0.6 is 0 Å². The van der Waals surface area contributed by atoms with E-state index in [2.05, 4.69) is 62.6 Å². The summed E-state index contributed by atoms with van der Waals surface area (Å²) in [6.07, 6.45) is 0. The van der Waals surface area contributed by atoms with Crippen LogP contribution in [0.1, 0.15) is 50.8 Å². The molecule has 0 radical (unpaired) electrons. The molecule has 134 valence electrons. The van der Waals surface area contributed by atoms with Gasteiger partial charge in [0.15, 0.2) is 0 Å². The summed E-state index contributed by atoms with van der Waals surface area (Å²) in [6.45, 7) is 8.69. The zero-order valence-electron chi connectivity index (χ0n) is 15.3. The molecule has 0 saturated carbocycles. The molecule has 0 aliphatic heterocycles. The Balaban J connectivity index is 1.99. The zero-order valence-corrected chi connectivity index (χ0v) is 15.3. The van der Waals surface area contributed by atoms with Crippen molar-refractivity contribution < 1.29 is 9.18 Å². The number of hydrogen-bond acceptors (Lipinski definition) is 2. The van der Waals surface area contributed by atoms with Crippen LogP contribution in [0, 0.1) is 11.7 Å². The largest absolute Gasteiger partial charge is 0.322 e. The van der Waals surface area contributed by atoms with Gasteiger partial charge in [-0.3, -0.25) is 4.79 Å². The Bertz CT molecular complexity index is 695. The molecule has 2 aromatic carbocycles. The highest BCUT2D eigenvalue weighted by Gasteiger charge is 2.17. The lowest BCUT2D eigenvalue weighted by Gasteiger charge is -2.23. The van der Waals surface area contributed by atoms with Crippen LogP contribution in [0.15, 0.2) is 48.5 Å². The number of anilines is 1. The Labute approximate surface area is 149 Å². The quantitative estimate of drug-likeness (QED) is 0.753. The predicted octanol–water partition coefficient (Wildman–Crippen LogP) is 4.87. The van der Waals surface area contributed by atoms with Crippen molar-refractivity contribution in [3.05, 3.63) is 65.5 Å². The van der Waals surface area contributed by atoms with Gasteiger partial charge >= 0.3 is 0 Å². The van der Waals surface area contributed by atoms with Crippen LogP contribution in [-0.4, -0.2) is 12.5 Å². The third-order valence-corrected chi connectivity index (χ3v) is 4.26. The van der Waals surface area contributed by atoms with Gasteiger partial charge in [0.2, 0.25) is 5.91 Å². The van der Waals surface area contributed by atoms with Gasteiger partial charge in [-0.2, -0.15) is 0 Å². The third-order valence-electron chi connectivity index (χ3n) is 4.26. The minimum absolute atomic E-state index is 0.0626. The topological polar surface area (TPSA) is 41.1 Å². The van der Waals surface area contributed by atoms with E-state index in [0.29, 0.717) is 11.8 Å². The molecule has 1 amide bonds. The monoisotopic (exact) mass is 342 g/mol. The number of amides is 1. The summed E-state index contributed by atoms with van der Waals surface area (Å²) in [5.41, 5.74) is 2.65. The Morgan fingerprint density at radius 3 is 2.12 bits per heavy atom. The van der Waals surface area contributed by atoms with Crippen LogP contribution < -0.4 is 10.6 Å². The van der Waals surface area contributed by atoms with Gasteiger partial charge in [0.1, 0.15) is 5.82 Å². The van der Waals surface area contributed by atoms with E-state index in [1.165, 1.54) is 11.6 Å². The number of para-hydroxylation sites is 1. The fourth-order valence-corrected chi connectivity index (χ4v) is 2.79. The van der Waals surface area contributed by atoms with Gasteiger partial charge in [0.05, 0.1) is 12.2 Å². The summed E-state index contributed by atoms with van der Waals surface area (Å²) in [7, 11) is 0. The van der Waals surface area contributed by atoms with Crippen molar-refractivity contribution in [1.29, 1.82) is 0 Å². The molecule has 0 bridgehead atoms. The lowest BCUT2D eigenvalue weighted by molar-refractivity contribution is -0.115. The Morgan fingerprint density at radius 2 is 1.56 bits per heavy atom. The van der Waals surface area contributed by atoms with E-state index in [1.54, 1.807) is 18.2 Å². The molecule has 2 rings (SSSR count). The molecule has 0 spiro atoms. The third kappa shape index (κ3) is 5.40. The van der Waals surface area contributed by atoms with Gasteiger partial charge in [0.25, 0.3) is 0 Å². The van der Waals surface area contributed by atoms with E-state index in [4.69, 9.17) is 0 Å². The fraction of sp³-hybridized carbons (Fsp3) is 0.381. The maximum atomic E-state index is 13.6. The second kappa shape index (κ2) is 8.77. The summed E-state index contributed by atoms with van der Waals surface area (Å²) in [5.74, 6) is 0.132. The maximum Gasteiger partial charge on any atom is 0.238 e. The normalized spacial score (nSPS) is 12.4. The first-order valence-corrected chi connectivity index (χ1v) is 8.76. The van der Waals surface area contributed by atoms with E-state index in [9.17, 15) is 9.18 Å². The van der Waals surface area contributed by atoms with Crippen LogP contribution in [0.25, 0.3) is 0 Å². The number of benzene rings is 2. The van der Waals surface area contributed by atoms with Crippen LogP contribution in [-0.2, 0) is 4.79 Å². The lowest BCUT2D eigenvalue weighted by atomic mass is 9.93. The molecule has 0 aliphatic rings. The molecule has 4 heteroatoms. The van der Waals surface area contributed by atoms with Gasteiger partial charge in [0, 0.05) is 6.04 Å². The Morgan fingerprint density at radius 1 is 0.960 bits per heavy atom. The number of nitrogens with one attached hydrogen (secondary N) is 2. The van der Waals surface area contributed by atoms with Crippen LogP contribution in [0.2, 0.25) is 0 Å². The molecule has 0 aromatic heterocycles. The molecule has 0 unspecified atom stereocenters. The number of halogens is 1. The molecule has 1 atom stereocenters. The van der Waals surface area contributed by atoms with Crippen molar-refractivity contribution in [2.75, 3.05) is 11.9 Å². The smallest absolute Gasteiger partial charge is 0.238 e. The number of carbonyl (C=O) groups is 1. The maximum absolute atomic E-state index is 13.6. The molecule has 3 nitrogen and oxygen atoms in total. The standard InChI is InChI=1S/C21H27FN2O/c1-14(2)16-9-11-17(12-10-16)21(15(3)4)23-13-20(25)24-19-8-6-5-7-18(19)22/h5-12,14-15,21,23H,13H2,1-4H3,(H,24,25)/t21-/m0/s1. The number of hydrogen-bond donors (Lipinski definition) is 2. The van der Waals surface area contributed by atoms with Crippen molar-refractivity contribution >= 4 is 11.6 Å². The first-order valence-electron chi connectivity index (χ1n) is 8.76. The molecule has 0 fully saturated rings. The second-order valence-corrected chi connectivity index (χ2v) is 6.95. The van der Waals surface area contributed by atoms with Crippen LogP contribution in [0.3, 0.4) is 0 Å². The Kier molecular flexibility index (Phi) is 6.71. The van der Waals surface area contributed by atoms with E-state index < -0.39 is 5.82 Å². The Hall–Kier alpha value is -2.20. The number of carbonyl (C=O) groups excluding carboxylic acids is 1. The predicted molar refractivity (Wildman–Crippen MR) is 101 cm³/mol. The van der Waals surface area contributed by atoms with Crippen molar-refractivity contribution in [3.63, 3.8) is 0 Å². The average molecular weight is 342 g/mol. The highest BCUT2D eigenvalue weighted by atomic mass is 19.1. The summed E-state index contributed by atoms with van der Waals surface area (Å²) < 4.78 is 13.6. The summed E-state index contributed by atoms with van der Waals surface area (Å²) in [5, 5.41) is 5.89. The van der Waals surface area contributed by atoms with Crippen molar-refractivity contribution in [3.8, 4) is 0 Å². The van der Waals surface area contributed by atoms with Gasteiger partial charge < -0.3 is 10.6 Å². The first kappa shape index (κ1) is 19.1. The minimum atomic E-state index is -0.430. The van der Waals surface area contributed by atoms with Crippen molar-refractivity contribution in [1.82, 2.24) is 5.32 Å². The minimum Gasteiger partial charge on any atom is -0.322 e. The van der Waals surface area contributed by atoms with Crippen LogP contribution in [0.5, 0.6) is 0 Å². The molecular formula is C21H27FN2O. The van der Waals surface area contributed by atoms with Crippen LogP contribution in [0.4, 0.5) is 10.1 Å². The zero-order chi connectivity index (χ0) is 18.4. The fourth-order valence-electron chi connectivity index (χ4n) is 2.79. The highest BCUT2D eigenvalue weighted by Crippen LogP contribution is 2.24. The summed E-state index contributed by atoms with van der Waals surface area (Å²) >= 11 is 0. The molecule has 2 aromatic rings.